The highest BCUT2D eigenvalue weighted by Crippen LogP contribution is 2.46. The molecule has 2 aromatic rings. The van der Waals surface area contributed by atoms with E-state index in [1.807, 2.05) is 18.2 Å². The molecule has 4 heteroatoms. The molecule has 17 heavy (non-hydrogen) atoms. The first-order valence-corrected chi connectivity index (χ1v) is 6.29. The Morgan fingerprint density at radius 1 is 1.35 bits per heavy atom. The number of nitrogens with zero attached hydrogens (tertiary/aromatic N) is 2. The molecule has 0 saturated heterocycles. The van der Waals surface area contributed by atoms with Gasteiger partial charge >= 0.3 is 0 Å². The first-order chi connectivity index (χ1) is 8.18. The van der Waals surface area contributed by atoms with Crippen LogP contribution in [-0.4, -0.2) is 14.8 Å². The first kappa shape index (κ1) is 10.7. The molecule has 1 fully saturated rings. The molecule has 0 amide bonds. The number of hydrogen-bond donors (Lipinski definition) is 1. The van der Waals surface area contributed by atoms with Gasteiger partial charge in [0.05, 0.1) is 0 Å². The average Bonchev–Trinajstić information content (AvgIpc) is 2.96. The highest BCUT2D eigenvalue weighted by molar-refractivity contribution is 7.71. The fourth-order valence-electron chi connectivity index (χ4n) is 2.03. The molecule has 1 aromatic carbocycles. The van der Waals surface area contributed by atoms with E-state index in [-0.39, 0.29) is 0 Å². The molecule has 0 atom stereocenters. The summed E-state index contributed by atoms with van der Waals surface area (Å²) in [6, 6.07) is 10.2. The molecule has 0 spiro atoms. The standard InChI is InChI=1S/C13H15N3S/c1-13(7-8-13)9-16-11(14-15-12(16)17)10-5-3-2-4-6-10/h2-6H,7-9H2,1H3,(H,15,17). The zero-order valence-corrected chi connectivity index (χ0v) is 10.6. The number of benzene rings is 1. The molecule has 1 aliphatic rings. The van der Waals surface area contributed by atoms with Crippen LogP contribution in [0.15, 0.2) is 30.3 Å². The van der Waals surface area contributed by atoms with Crippen molar-refractivity contribution in [2.45, 2.75) is 26.3 Å². The van der Waals surface area contributed by atoms with Gasteiger partial charge in [0.15, 0.2) is 10.6 Å². The molecule has 1 N–H and O–H groups in total. The van der Waals surface area contributed by atoms with E-state index in [9.17, 15) is 0 Å². The van der Waals surface area contributed by atoms with E-state index in [2.05, 4.69) is 33.8 Å². The first-order valence-electron chi connectivity index (χ1n) is 5.89. The van der Waals surface area contributed by atoms with Gasteiger partial charge in [0, 0.05) is 12.1 Å². The van der Waals surface area contributed by atoms with E-state index in [1.54, 1.807) is 0 Å². The minimum absolute atomic E-state index is 0.422. The third-order valence-corrected chi connectivity index (χ3v) is 3.75. The van der Waals surface area contributed by atoms with Crippen LogP contribution >= 0.6 is 12.2 Å². The normalized spacial score (nSPS) is 17.0. The van der Waals surface area contributed by atoms with Crippen molar-refractivity contribution in [2.75, 3.05) is 0 Å². The van der Waals surface area contributed by atoms with Crippen LogP contribution in [0.5, 0.6) is 0 Å². The van der Waals surface area contributed by atoms with Gasteiger partial charge in [-0.15, -0.1) is 0 Å². The fourth-order valence-corrected chi connectivity index (χ4v) is 2.22. The molecule has 3 nitrogen and oxygen atoms in total. The Balaban J connectivity index is 2.03. The van der Waals surface area contributed by atoms with Crippen molar-refractivity contribution in [3.05, 3.63) is 35.1 Å². The molecule has 1 aromatic heterocycles. The average molecular weight is 245 g/mol. The molecule has 1 saturated carbocycles. The second-order valence-electron chi connectivity index (χ2n) is 5.12. The SMILES string of the molecule is CC1(Cn2c(-c3ccccc3)n[nH]c2=S)CC1. The van der Waals surface area contributed by atoms with Gasteiger partial charge in [0.1, 0.15) is 0 Å². The quantitative estimate of drug-likeness (QED) is 0.841. The summed E-state index contributed by atoms with van der Waals surface area (Å²) in [6.07, 6.45) is 2.57. The van der Waals surface area contributed by atoms with Gasteiger partial charge in [-0.05, 0) is 30.5 Å². The molecule has 0 unspecified atom stereocenters. The Kier molecular flexibility index (Phi) is 2.40. The predicted octanol–water partition coefficient (Wildman–Crippen LogP) is 3.41. The lowest BCUT2D eigenvalue weighted by atomic mass is 10.1. The van der Waals surface area contributed by atoms with Gasteiger partial charge in [0.2, 0.25) is 0 Å². The Hall–Kier alpha value is -1.42. The molecule has 0 radical (unpaired) electrons. The predicted molar refractivity (Wildman–Crippen MR) is 70.2 cm³/mol. The minimum Gasteiger partial charge on any atom is -0.300 e. The topological polar surface area (TPSA) is 33.6 Å². The fraction of sp³-hybridized carbons (Fsp3) is 0.385. The Bertz CT molecular complexity index is 578. The second-order valence-corrected chi connectivity index (χ2v) is 5.50. The van der Waals surface area contributed by atoms with Gasteiger partial charge in [-0.1, -0.05) is 37.3 Å². The van der Waals surface area contributed by atoms with Crippen molar-refractivity contribution in [3.8, 4) is 11.4 Å². The number of hydrogen-bond acceptors (Lipinski definition) is 2. The lowest BCUT2D eigenvalue weighted by molar-refractivity contribution is 0.463. The van der Waals surface area contributed by atoms with Gasteiger partial charge < -0.3 is 0 Å². The van der Waals surface area contributed by atoms with Crippen LogP contribution in [-0.2, 0) is 6.54 Å². The van der Waals surface area contributed by atoms with Crippen LogP contribution in [0.4, 0.5) is 0 Å². The zero-order chi connectivity index (χ0) is 11.9. The Morgan fingerprint density at radius 3 is 2.71 bits per heavy atom. The van der Waals surface area contributed by atoms with Crippen molar-refractivity contribution in [3.63, 3.8) is 0 Å². The highest BCUT2D eigenvalue weighted by Gasteiger charge is 2.38. The van der Waals surface area contributed by atoms with Gasteiger partial charge in [0.25, 0.3) is 0 Å². The lowest BCUT2D eigenvalue weighted by Crippen LogP contribution is -2.09. The summed E-state index contributed by atoms with van der Waals surface area (Å²) in [4.78, 5) is 0. The van der Waals surface area contributed by atoms with Gasteiger partial charge in [-0.3, -0.25) is 9.67 Å². The van der Waals surface area contributed by atoms with E-state index in [0.29, 0.717) is 5.41 Å². The molecule has 3 rings (SSSR count). The summed E-state index contributed by atoms with van der Waals surface area (Å²) in [5.41, 5.74) is 1.54. The van der Waals surface area contributed by atoms with Crippen molar-refractivity contribution < 1.29 is 0 Å². The third kappa shape index (κ3) is 2.05. The smallest absolute Gasteiger partial charge is 0.195 e. The number of rotatable bonds is 3. The maximum Gasteiger partial charge on any atom is 0.195 e. The number of aromatic amines is 1. The van der Waals surface area contributed by atoms with E-state index < -0.39 is 0 Å². The largest absolute Gasteiger partial charge is 0.300 e. The summed E-state index contributed by atoms with van der Waals surface area (Å²) in [7, 11) is 0. The van der Waals surface area contributed by atoms with Crippen LogP contribution in [0, 0.1) is 10.2 Å². The molecular weight excluding hydrogens is 230 g/mol. The highest BCUT2D eigenvalue weighted by atomic mass is 32.1. The molecule has 88 valence electrons. The molecule has 0 aliphatic heterocycles. The summed E-state index contributed by atoms with van der Waals surface area (Å²) < 4.78 is 2.84. The maximum atomic E-state index is 5.31. The monoisotopic (exact) mass is 245 g/mol. The van der Waals surface area contributed by atoms with E-state index in [1.165, 1.54) is 12.8 Å². The summed E-state index contributed by atoms with van der Waals surface area (Å²) in [6.45, 7) is 3.27. The van der Waals surface area contributed by atoms with Crippen molar-refractivity contribution in [1.29, 1.82) is 0 Å². The maximum absolute atomic E-state index is 5.31. The summed E-state index contributed by atoms with van der Waals surface area (Å²) in [5, 5.41) is 7.25. The van der Waals surface area contributed by atoms with E-state index in [4.69, 9.17) is 12.2 Å². The number of aromatic nitrogens is 3. The Labute approximate surface area is 105 Å². The molecular formula is C13H15N3S. The summed E-state index contributed by atoms with van der Waals surface area (Å²) in [5.74, 6) is 0.948. The number of H-pyrrole nitrogens is 1. The van der Waals surface area contributed by atoms with Gasteiger partial charge in [-0.25, -0.2) is 0 Å². The zero-order valence-electron chi connectivity index (χ0n) is 9.81. The van der Waals surface area contributed by atoms with E-state index in [0.717, 1.165) is 22.7 Å². The van der Waals surface area contributed by atoms with Crippen molar-refractivity contribution in [1.82, 2.24) is 14.8 Å². The van der Waals surface area contributed by atoms with Crippen LogP contribution in [0.2, 0.25) is 0 Å². The third-order valence-electron chi connectivity index (χ3n) is 3.43. The van der Waals surface area contributed by atoms with Crippen LogP contribution in [0.3, 0.4) is 0 Å². The number of nitrogens with one attached hydrogen (secondary N) is 1. The minimum atomic E-state index is 0.422. The Morgan fingerprint density at radius 2 is 2.06 bits per heavy atom. The lowest BCUT2D eigenvalue weighted by Gasteiger charge is -2.11. The van der Waals surface area contributed by atoms with Gasteiger partial charge in [-0.2, -0.15) is 5.10 Å². The summed E-state index contributed by atoms with van der Waals surface area (Å²) >= 11 is 5.31. The van der Waals surface area contributed by atoms with Crippen molar-refractivity contribution >= 4 is 12.2 Å². The van der Waals surface area contributed by atoms with E-state index >= 15 is 0 Å². The van der Waals surface area contributed by atoms with Crippen LogP contribution in [0.25, 0.3) is 11.4 Å². The molecule has 1 aliphatic carbocycles. The van der Waals surface area contributed by atoms with Crippen molar-refractivity contribution in [2.24, 2.45) is 5.41 Å². The molecule has 1 heterocycles. The second kappa shape index (κ2) is 3.81. The van der Waals surface area contributed by atoms with Crippen LogP contribution < -0.4 is 0 Å². The molecule has 0 bridgehead atoms. The van der Waals surface area contributed by atoms with Crippen LogP contribution in [0.1, 0.15) is 19.8 Å².